The lowest BCUT2D eigenvalue weighted by Crippen LogP contribution is -2.40. The van der Waals surface area contributed by atoms with Gasteiger partial charge >= 0.3 is 0 Å². The molecule has 0 bridgehead atoms. The van der Waals surface area contributed by atoms with E-state index in [4.69, 9.17) is 20.8 Å². The van der Waals surface area contributed by atoms with E-state index >= 15 is 0 Å². The van der Waals surface area contributed by atoms with Crippen LogP contribution in [0.2, 0.25) is 5.02 Å². The molecule has 2 heterocycles. The Morgan fingerprint density at radius 2 is 1.88 bits per heavy atom. The van der Waals surface area contributed by atoms with Gasteiger partial charge in [-0.3, -0.25) is 9.69 Å². The molecular weight excluding hydrogens is 352 g/mol. The third-order valence-corrected chi connectivity index (χ3v) is 4.96. The Labute approximate surface area is 159 Å². The van der Waals surface area contributed by atoms with E-state index in [9.17, 15) is 4.79 Å². The first-order valence-corrected chi connectivity index (χ1v) is 9.35. The Morgan fingerprint density at radius 3 is 2.58 bits per heavy atom. The van der Waals surface area contributed by atoms with Crippen LogP contribution in [-0.2, 0) is 17.8 Å². The Hall–Kier alpha value is -1.82. The Balaban J connectivity index is 1.67. The molecule has 0 unspecified atom stereocenters. The summed E-state index contributed by atoms with van der Waals surface area (Å²) in [6.07, 6.45) is 0. The fourth-order valence-electron chi connectivity index (χ4n) is 2.97. The van der Waals surface area contributed by atoms with Crippen LogP contribution in [0, 0.1) is 0 Å². The van der Waals surface area contributed by atoms with Gasteiger partial charge in [-0.2, -0.15) is 0 Å². The van der Waals surface area contributed by atoms with Crippen LogP contribution in [0.15, 0.2) is 40.8 Å². The van der Waals surface area contributed by atoms with Gasteiger partial charge in [0.1, 0.15) is 5.76 Å². The largest absolute Gasteiger partial charge is 0.455 e. The summed E-state index contributed by atoms with van der Waals surface area (Å²) in [5.74, 6) is 1.10. The zero-order chi connectivity index (χ0) is 18.5. The number of carbonyl (C=O) groups excluding carboxylic acids is 1. The molecule has 1 saturated heterocycles. The number of furan rings is 1. The molecule has 140 valence electrons. The molecule has 0 atom stereocenters. The smallest absolute Gasteiger partial charge is 0.289 e. The van der Waals surface area contributed by atoms with Crippen LogP contribution in [0.3, 0.4) is 0 Å². The van der Waals surface area contributed by atoms with Crippen LogP contribution in [0.1, 0.15) is 35.7 Å². The summed E-state index contributed by atoms with van der Waals surface area (Å²) in [4.78, 5) is 16.6. The van der Waals surface area contributed by atoms with E-state index < -0.39 is 0 Å². The summed E-state index contributed by atoms with van der Waals surface area (Å²) in [6.45, 7) is 8.01. The fourth-order valence-corrected chi connectivity index (χ4v) is 3.16. The second kappa shape index (κ2) is 8.71. The van der Waals surface area contributed by atoms with E-state index in [1.165, 1.54) is 0 Å². The summed E-state index contributed by atoms with van der Waals surface area (Å²) in [7, 11) is 0. The van der Waals surface area contributed by atoms with Gasteiger partial charge in [-0.1, -0.05) is 29.8 Å². The SMILES string of the molecule is CC(C)N(Cc1ccc(C(=O)N2CCOCC2)o1)Cc1ccccc1Cl. The van der Waals surface area contributed by atoms with Crippen LogP contribution < -0.4 is 0 Å². The summed E-state index contributed by atoms with van der Waals surface area (Å²) in [5.41, 5.74) is 1.08. The highest BCUT2D eigenvalue weighted by molar-refractivity contribution is 6.31. The van der Waals surface area contributed by atoms with Gasteiger partial charge in [0, 0.05) is 30.7 Å². The van der Waals surface area contributed by atoms with Crippen LogP contribution in [-0.4, -0.2) is 48.1 Å². The lowest BCUT2D eigenvalue weighted by molar-refractivity contribution is 0.0280. The number of rotatable bonds is 6. The summed E-state index contributed by atoms with van der Waals surface area (Å²) in [6, 6.07) is 11.8. The maximum atomic E-state index is 12.5. The average Bonchev–Trinajstić information content (AvgIpc) is 3.11. The zero-order valence-corrected chi connectivity index (χ0v) is 16.0. The van der Waals surface area contributed by atoms with Crippen molar-refractivity contribution in [3.05, 3.63) is 58.5 Å². The molecule has 1 aromatic heterocycles. The van der Waals surface area contributed by atoms with E-state index in [0.717, 1.165) is 22.9 Å². The number of hydrogen-bond donors (Lipinski definition) is 0. The van der Waals surface area contributed by atoms with E-state index in [-0.39, 0.29) is 5.91 Å². The van der Waals surface area contributed by atoms with Gasteiger partial charge in [0.15, 0.2) is 5.76 Å². The zero-order valence-electron chi connectivity index (χ0n) is 15.3. The first-order valence-electron chi connectivity index (χ1n) is 8.98. The molecular formula is C20H25ClN2O3. The number of amides is 1. The molecule has 6 heteroatoms. The van der Waals surface area contributed by atoms with Crippen molar-refractivity contribution >= 4 is 17.5 Å². The summed E-state index contributed by atoms with van der Waals surface area (Å²) in [5, 5.41) is 0.765. The van der Waals surface area contributed by atoms with Crippen molar-refractivity contribution < 1.29 is 13.9 Å². The normalized spacial score (nSPS) is 15.0. The molecule has 0 saturated carbocycles. The minimum Gasteiger partial charge on any atom is -0.455 e. The van der Waals surface area contributed by atoms with Crippen molar-refractivity contribution in [1.29, 1.82) is 0 Å². The van der Waals surface area contributed by atoms with Crippen molar-refractivity contribution in [1.82, 2.24) is 9.80 Å². The van der Waals surface area contributed by atoms with E-state index in [2.05, 4.69) is 18.7 Å². The monoisotopic (exact) mass is 376 g/mol. The van der Waals surface area contributed by atoms with Gasteiger partial charge in [0.05, 0.1) is 19.8 Å². The third kappa shape index (κ3) is 4.67. The van der Waals surface area contributed by atoms with Crippen molar-refractivity contribution in [2.24, 2.45) is 0 Å². The van der Waals surface area contributed by atoms with Crippen molar-refractivity contribution in [2.75, 3.05) is 26.3 Å². The molecule has 0 aliphatic carbocycles. The van der Waals surface area contributed by atoms with Gasteiger partial charge in [-0.05, 0) is 37.6 Å². The standard InChI is InChI=1S/C20H25ClN2O3/c1-15(2)23(13-16-5-3-4-6-18(16)21)14-17-7-8-19(26-17)20(24)22-9-11-25-12-10-22/h3-8,15H,9-14H2,1-2H3. The van der Waals surface area contributed by atoms with Crippen LogP contribution in [0.5, 0.6) is 0 Å². The molecule has 26 heavy (non-hydrogen) atoms. The molecule has 1 aliphatic rings. The molecule has 5 nitrogen and oxygen atoms in total. The number of carbonyl (C=O) groups is 1. The van der Waals surface area contributed by atoms with Gasteiger partial charge in [0.2, 0.25) is 0 Å². The topological polar surface area (TPSA) is 45.9 Å². The number of morpholine rings is 1. The number of benzene rings is 1. The maximum absolute atomic E-state index is 12.5. The van der Waals surface area contributed by atoms with Gasteiger partial charge < -0.3 is 14.1 Å². The van der Waals surface area contributed by atoms with Crippen molar-refractivity contribution in [3.8, 4) is 0 Å². The Morgan fingerprint density at radius 1 is 1.15 bits per heavy atom. The molecule has 1 aliphatic heterocycles. The Bertz CT molecular complexity index is 738. The van der Waals surface area contributed by atoms with E-state index in [1.54, 1.807) is 11.0 Å². The molecule has 0 spiro atoms. The number of nitrogens with zero attached hydrogens (tertiary/aromatic N) is 2. The number of ether oxygens (including phenoxy) is 1. The molecule has 1 fully saturated rings. The number of hydrogen-bond acceptors (Lipinski definition) is 4. The second-order valence-corrected chi connectivity index (χ2v) is 7.17. The average molecular weight is 377 g/mol. The van der Waals surface area contributed by atoms with Crippen molar-refractivity contribution in [3.63, 3.8) is 0 Å². The van der Waals surface area contributed by atoms with Gasteiger partial charge in [-0.15, -0.1) is 0 Å². The van der Waals surface area contributed by atoms with E-state index in [1.807, 2.05) is 30.3 Å². The minimum absolute atomic E-state index is 0.0678. The first-order chi connectivity index (χ1) is 12.5. The lowest BCUT2D eigenvalue weighted by atomic mass is 10.2. The molecule has 0 N–H and O–H groups in total. The molecule has 2 aromatic rings. The molecule has 0 radical (unpaired) electrons. The minimum atomic E-state index is -0.0678. The second-order valence-electron chi connectivity index (χ2n) is 6.76. The predicted octanol–water partition coefficient (Wildman–Crippen LogP) is 3.82. The maximum Gasteiger partial charge on any atom is 0.289 e. The summed E-state index contributed by atoms with van der Waals surface area (Å²) >= 11 is 6.30. The molecule has 3 rings (SSSR count). The Kier molecular flexibility index (Phi) is 6.35. The van der Waals surface area contributed by atoms with Crippen LogP contribution in [0.4, 0.5) is 0 Å². The first kappa shape index (κ1) is 19.0. The highest BCUT2D eigenvalue weighted by Crippen LogP contribution is 2.21. The van der Waals surface area contributed by atoms with E-state index in [0.29, 0.717) is 44.7 Å². The lowest BCUT2D eigenvalue weighted by Gasteiger charge is -2.26. The predicted molar refractivity (Wildman–Crippen MR) is 101 cm³/mol. The summed E-state index contributed by atoms with van der Waals surface area (Å²) < 4.78 is 11.1. The third-order valence-electron chi connectivity index (χ3n) is 4.59. The molecule has 1 aromatic carbocycles. The van der Waals surface area contributed by atoms with Crippen LogP contribution >= 0.6 is 11.6 Å². The molecule has 1 amide bonds. The quantitative estimate of drug-likeness (QED) is 0.769. The van der Waals surface area contributed by atoms with Crippen molar-refractivity contribution in [2.45, 2.75) is 33.0 Å². The fraction of sp³-hybridized carbons (Fsp3) is 0.450. The highest BCUT2D eigenvalue weighted by Gasteiger charge is 2.22. The van der Waals surface area contributed by atoms with Gasteiger partial charge in [0.25, 0.3) is 5.91 Å². The number of halogens is 1. The highest BCUT2D eigenvalue weighted by atomic mass is 35.5. The van der Waals surface area contributed by atoms with Gasteiger partial charge in [-0.25, -0.2) is 0 Å². The van der Waals surface area contributed by atoms with Crippen LogP contribution in [0.25, 0.3) is 0 Å².